The maximum atomic E-state index is 12.1. The van der Waals surface area contributed by atoms with Crippen molar-refractivity contribution in [3.63, 3.8) is 0 Å². The molecule has 10 heteroatoms. The first kappa shape index (κ1) is 24.4. The summed E-state index contributed by atoms with van der Waals surface area (Å²) >= 11 is 0. The molecule has 184 valence electrons. The second kappa shape index (κ2) is 10.7. The monoisotopic (exact) mass is 476 g/mol. The molecule has 1 amide bonds. The Balaban J connectivity index is 1.26. The van der Waals surface area contributed by atoms with Gasteiger partial charge in [-0.15, -0.1) is 0 Å². The van der Waals surface area contributed by atoms with Gasteiger partial charge in [0, 0.05) is 81.0 Å². The number of hydrogen-bond acceptors (Lipinski definition) is 8. The molecule has 2 N–H and O–H groups in total. The molecule has 0 unspecified atom stereocenters. The quantitative estimate of drug-likeness (QED) is 0.421. The Bertz CT molecular complexity index is 1190. The third kappa shape index (κ3) is 5.53. The maximum absolute atomic E-state index is 12.1. The van der Waals surface area contributed by atoms with Crippen molar-refractivity contribution in [2.75, 3.05) is 60.5 Å². The molecule has 0 bridgehead atoms. The zero-order valence-electron chi connectivity index (χ0n) is 20.5. The molecule has 2 aliphatic rings. The Morgan fingerprint density at radius 1 is 1.37 bits per heavy atom. The van der Waals surface area contributed by atoms with Crippen molar-refractivity contribution < 1.29 is 9.53 Å². The summed E-state index contributed by atoms with van der Waals surface area (Å²) in [6.07, 6.45) is 10.2. The Morgan fingerprint density at radius 3 is 2.80 bits per heavy atom. The molecule has 0 aliphatic carbocycles. The van der Waals surface area contributed by atoms with Gasteiger partial charge >= 0.3 is 0 Å². The van der Waals surface area contributed by atoms with E-state index in [1.807, 2.05) is 42.2 Å². The van der Waals surface area contributed by atoms with Gasteiger partial charge in [-0.3, -0.25) is 14.7 Å². The SMILES string of the molecule is COc1cc(C(C=NC2CN(CC3CN(C(=O)/C=C/CN(C)C)C3)C2)=CN)cn2ncc(C#N)c12. The number of fused-ring (bicyclic) bond motifs is 1. The van der Waals surface area contributed by atoms with Crippen molar-refractivity contribution in [2.24, 2.45) is 16.6 Å². The van der Waals surface area contributed by atoms with Crippen LogP contribution in [0.1, 0.15) is 11.1 Å². The standard InChI is InChI=1S/C25H32N8O2/c1-30(2)6-4-5-24(34)32-13-18(14-32)12-31-16-22(17-31)28-10-20(8-26)19-7-23(35-3)25-21(9-27)11-29-33(25)15-19/h4-5,7-8,10-11,15,18,22H,6,12-14,16-17,26H2,1-3H3/b5-4+,20-8?,28-10?. The molecule has 4 heterocycles. The predicted octanol–water partition coefficient (Wildman–Crippen LogP) is 0.845. The number of pyridine rings is 1. The molecular formula is C25H32N8O2. The second-order valence-electron chi connectivity index (χ2n) is 9.31. The van der Waals surface area contributed by atoms with E-state index in [2.05, 4.69) is 16.1 Å². The minimum absolute atomic E-state index is 0.101. The second-order valence-corrected chi connectivity index (χ2v) is 9.31. The maximum Gasteiger partial charge on any atom is 0.246 e. The Hall–Kier alpha value is -3.68. The van der Waals surface area contributed by atoms with E-state index < -0.39 is 0 Å². The number of ether oxygens (including phenoxy) is 1. The predicted molar refractivity (Wildman–Crippen MR) is 135 cm³/mol. The third-order valence-electron chi connectivity index (χ3n) is 6.31. The largest absolute Gasteiger partial charge is 0.494 e. The molecule has 0 atom stereocenters. The molecule has 0 spiro atoms. The Kier molecular flexibility index (Phi) is 7.48. The number of aliphatic imine (C=N–C) groups is 1. The molecule has 2 aromatic rings. The number of aromatic nitrogens is 2. The van der Waals surface area contributed by atoms with Crippen LogP contribution in [0.4, 0.5) is 0 Å². The van der Waals surface area contributed by atoms with Gasteiger partial charge in [-0.25, -0.2) is 4.52 Å². The van der Waals surface area contributed by atoms with Gasteiger partial charge in [0.15, 0.2) is 0 Å². The topological polar surface area (TPSA) is 115 Å². The fourth-order valence-corrected chi connectivity index (χ4v) is 4.37. The molecule has 10 nitrogen and oxygen atoms in total. The van der Waals surface area contributed by atoms with Crippen molar-refractivity contribution in [3.05, 3.63) is 47.9 Å². The number of amides is 1. The van der Waals surface area contributed by atoms with Crippen LogP contribution in [0.3, 0.4) is 0 Å². The number of carbonyl (C=O) groups excluding carboxylic acids is 1. The van der Waals surface area contributed by atoms with E-state index in [1.54, 1.807) is 23.9 Å². The van der Waals surface area contributed by atoms with Crippen LogP contribution in [0.5, 0.6) is 5.75 Å². The van der Waals surface area contributed by atoms with E-state index >= 15 is 0 Å². The first-order valence-electron chi connectivity index (χ1n) is 11.6. The van der Waals surface area contributed by atoms with Gasteiger partial charge < -0.3 is 20.3 Å². The summed E-state index contributed by atoms with van der Waals surface area (Å²) in [5.41, 5.74) is 8.54. The van der Waals surface area contributed by atoms with Gasteiger partial charge in [-0.1, -0.05) is 6.08 Å². The van der Waals surface area contributed by atoms with E-state index in [0.717, 1.165) is 50.4 Å². The zero-order valence-corrected chi connectivity index (χ0v) is 20.5. The lowest BCUT2D eigenvalue weighted by Crippen LogP contribution is -2.58. The van der Waals surface area contributed by atoms with Crippen LogP contribution in [0.15, 0.2) is 41.8 Å². The number of nitrogens with zero attached hydrogens (tertiary/aromatic N) is 7. The summed E-state index contributed by atoms with van der Waals surface area (Å²) in [7, 11) is 5.53. The van der Waals surface area contributed by atoms with E-state index in [-0.39, 0.29) is 11.9 Å². The highest BCUT2D eigenvalue weighted by Crippen LogP contribution is 2.27. The summed E-state index contributed by atoms with van der Waals surface area (Å²) in [4.78, 5) is 23.2. The van der Waals surface area contributed by atoms with Gasteiger partial charge in [0.05, 0.1) is 19.3 Å². The first-order valence-corrected chi connectivity index (χ1v) is 11.6. The Labute approximate surface area is 205 Å². The molecular weight excluding hydrogens is 444 g/mol. The van der Waals surface area contributed by atoms with Crippen LogP contribution >= 0.6 is 0 Å². The van der Waals surface area contributed by atoms with Crippen LogP contribution in [0.25, 0.3) is 11.1 Å². The van der Waals surface area contributed by atoms with Crippen molar-refractivity contribution in [1.82, 2.24) is 24.3 Å². The van der Waals surface area contributed by atoms with Gasteiger partial charge in [-0.05, 0) is 20.2 Å². The zero-order chi connectivity index (χ0) is 24.9. The van der Waals surface area contributed by atoms with Crippen LogP contribution in [-0.2, 0) is 4.79 Å². The lowest BCUT2D eigenvalue weighted by atomic mass is 9.97. The molecule has 0 saturated carbocycles. The molecule has 4 rings (SSSR count). The number of nitriles is 1. The van der Waals surface area contributed by atoms with Crippen molar-refractivity contribution in [3.8, 4) is 11.8 Å². The molecule has 35 heavy (non-hydrogen) atoms. The number of likely N-dealkylation sites (N-methyl/N-ethyl adjacent to an activating group) is 1. The fraction of sp³-hybridized carbons (Fsp3) is 0.440. The number of nitrogens with two attached hydrogens (primary N) is 1. The lowest BCUT2D eigenvalue weighted by Gasteiger charge is -2.45. The highest BCUT2D eigenvalue weighted by molar-refractivity contribution is 6.10. The van der Waals surface area contributed by atoms with Crippen molar-refractivity contribution >= 4 is 23.2 Å². The molecule has 2 aliphatic heterocycles. The summed E-state index contributed by atoms with van der Waals surface area (Å²) in [5, 5.41) is 13.5. The van der Waals surface area contributed by atoms with Crippen LogP contribution < -0.4 is 10.5 Å². The summed E-state index contributed by atoms with van der Waals surface area (Å²) in [6.45, 7) is 5.20. The molecule has 0 aromatic carbocycles. The van der Waals surface area contributed by atoms with Gasteiger partial charge in [-0.2, -0.15) is 10.4 Å². The number of carbonyl (C=O) groups is 1. The number of likely N-dealkylation sites (tertiary alicyclic amines) is 2. The number of methoxy groups -OCH3 is 1. The lowest BCUT2D eigenvalue weighted by molar-refractivity contribution is -0.132. The van der Waals surface area contributed by atoms with E-state index in [0.29, 0.717) is 22.7 Å². The number of allylic oxidation sites excluding steroid dienone is 1. The molecule has 2 saturated heterocycles. The van der Waals surface area contributed by atoms with Gasteiger partial charge in [0.2, 0.25) is 5.91 Å². The van der Waals surface area contributed by atoms with Crippen LogP contribution in [-0.4, -0.2) is 103 Å². The minimum atomic E-state index is 0.101. The van der Waals surface area contributed by atoms with Crippen molar-refractivity contribution in [1.29, 1.82) is 5.26 Å². The summed E-state index contributed by atoms with van der Waals surface area (Å²) < 4.78 is 7.10. The Morgan fingerprint density at radius 2 is 2.14 bits per heavy atom. The molecule has 2 aromatic heterocycles. The number of rotatable bonds is 9. The van der Waals surface area contributed by atoms with E-state index in [9.17, 15) is 10.1 Å². The summed E-state index contributed by atoms with van der Waals surface area (Å²) in [6, 6.07) is 4.19. The molecule has 0 radical (unpaired) electrons. The smallest absolute Gasteiger partial charge is 0.246 e. The fourth-order valence-electron chi connectivity index (χ4n) is 4.37. The average Bonchev–Trinajstić information content (AvgIpc) is 3.21. The first-order chi connectivity index (χ1) is 16.9. The van der Waals surface area contributed by atoms with Gasteiger partial charge in [0.1, 0.15) is 22.9 Å². The van der Waals surface area contributed by atoms with Crippen LogP contribution in [0.2, 0.25) is 0 Å². The van der Waals surface area contributed by atoms with E-state index in [1.165, 1.54) is 12.4 Å². The van der Waals surface area contributed by atoms with Crippen molar-refractivity contribution in [2.45, 2.75) is 6.04 Å². The highest BCUT2D eigenvalue weighted by Gasteiger charge is 2.34. The normalized spacial score (nSPS) is 17.9. The van der Waals surface area contributed by atoms with Crippen LogP contribution in [0, 0.1) is 17.2 Å². The van der Waals surface area contributed by atoms with Gasteiger partial charge in [0.25, 0.3) is 0 Å². The average molecular weight is 477 g/mol. The third-order valence-corrected chi connectivity index (χ3v) is 6.31. The van der Waals surface area contributed by atoms with E-state index in [4.69, 9.17) is 15.5 Å². The highest BCUT2D eigenvalue weighted by atomic mass is 16.5. The number of hydrogen-bond donors (Lipinski definition) is 1. The molecule has 2 fully saturated rings. The minimum Gasteiger partial charge on any atom is -0.494 e. The summed E-state index contributed by atoms with van der Waals surface area (Å²) in [5.74, 6) is 1.18.